The lowest BCUT2D eigenvalue weighted by Gasteiger charge is -2.07. The standard InChI is InChI=1S/C7H14N2O5S/c1-15(13,14)3-2-6(10)9-4-5(8)7(11)12/h5H,2-4,8H2,1H3,(H,9,10)(H,11,12). The van der Waals surface area contributed by atoms with E-state index in [1.807, 2.05) is 0 Å². The van der Waals surface area contributed by atoms with E-state index in [2.05, 4.69) is 5.32 Å². The summed E-state index contributed by atoms with van der Waals surface area (Å²) in [6.07, 6.45) is 0.828. The Labute approximate surface area is 87.6 Å². The van der Waals surface area contributed by atoms with Gasteiger partial charge in [-0.1, -0.05) is 0 Å². The second-order valence-corrected chi connectivity index (χ2v) is 5.39. The van der Waals surface area contributed by atoms with Gasteiger partial charge in [0.05, 0.1) is 5.75 Å². The van der Waals surface area contributed by atoms with Crippen LogP contribution in [0.2, 0.25) is 0 Å². The van der Waals surface area contributed by atoms with Crippen molar-refractivity contribution in [3.05, 3.63) is 0 Å². The Morgan fingerprint density at radius 3 is 2.40 bits per heavy atom. The summed E-state index contributed by atoms with van der Waals surface area (Å²) in [4.78, 5) is 21.2. The van der Waals surface area contributed by atoms with E-state index >= 15 is 0 Å². The lowest BCUT2D eigenvalue weighted by molar-refractivity contribution is -0.138. The highest BCUT2D eigenvalue weighted by Gasteiger charge is 2.13. The first-order chi connectivity index (χ1) is 6.72. The molecule has 1 amide bonds. The molecule has 0 aliphatic rings. The van der Waals surface area contributed by atoms with Crippen LogP contribution in [-0.4, -0.2) is 50.0 Å². The van der Waals surface area contributed by atoms with Crippen LogP contribution < -0.4 is 11.1 Å². The molecule has 88 valence electrons. The van der Waals surface area contributed by atoms with Gasteiger partial charge in [0, 0.05) is 19.2 Å². The summed E-state index contributed by atoms with van der Waals surface area (Å²) in [7, 11) is -3.18. The molecule has 0 spiro atoms. The maximum atomic E-state index is 11.0. The Morgan fingerprint density at radius 1 is 1.47 bits per heavy atom. The van der Waals surface area contributed by atoms with E-state index < -0.39 is 27.8 Å². The van der Waals surface area contributed by atoms with Crippen LogP contribution >= 0.6 is 0 Å². The number of rotatable bonds is 6. The van der Waals surface area contributed by atoms with E-state index in [1.54, 1.807) is 0 Å². The Bertz CT molecular complexity index is 337. The zero-order chi connectivity index (χ0) is 12.1. The van der Waals surface area contributed by atoms with E-state index in [-0.39, 0.29) is 18.7 Å². The summed E-state index contributed by atoms with van der Waals surface area (Å²) in [5, 5.41) is 10.6. The average Bonchev–Trinajstić information content (AvgIpc) is 2.09. The van der Waals surface area contributed by atoms with Gasteiger partial charge in [0.1, 0.15) is 15.9 Å². The van der Waals surface area contributed by atoms with Gasteiger partial charge < -0.3 is 16.2 Å². The predicted molar refractivity (Wildman–Crippen MR) is 52.9 cm³/mol. The number of amides is 1. The number of aliphatic carboxylic acids is 1. The van der Waals surface area contributed by atoms with Crippen LogP contribution in [0.15, 0.2) is 0 Å². The molecule has 0 heterocycles. The van der Waals surface area contributed by atoms with Crippen LogP contribution in [0, 0.1) is 0 Å². The number of hydrogen-bond donors (Lipinski definition) is 3. The second-order valence-electron chi connectivity index (χ2n) is 3.13. The minimum Gasteiger partial charge on any atom is -0.480 e. The van der Waals surface area contributed by atoms with E-state index in [9.17, 15) is 18.0 Å². The van der Waals surface area contributed by atoms with Crippen LogP contribution in [0.4, 0.5) is 0 Å². The van der Waals surface area contributed by atoms with Crippen molar-refractivity contribution in [1.29, 1.82) is 0 Å². The Morgan fingerprint density at radius 2 is 2.00 bits per heavy atom. The first kappa shape index (κ1) is 13.8. The van der Waals surface area contributed by atoms with Crippen LogP contribution in [-0.2, 0) is 19.4 Å². The molecule has 8 heteroatoms. The van der Waals surface area contributed by atoms with Gasteiger partial charge in [-0.3, -0.25) is 9.59 Å². The summed E-state index contributed by atoms with van der Waals surface area (Å²) < 4.78 is 21.4. The number of sulfone groups is 1. The van der Waals surface area contributed by atoms with Crippen molar-refractivity contribution < 1.29 is 23.1 Å². The lowest BCUT2D eigenvalue weighted by atomic mass is 10.3. The third-order valence-electron chi connectivity index (χ3n) is 1.54. The number of nitrogens with two attached hydrogens (primary N) is 1. The smallest absolute Gasteiger partial charge is 0.322 e. The molecule has 0 saturated heterocycles. The van der Waals surface area contributed by atoms with Crippen molar-refractivity contribution in [2.75, 3.05) is 18.6 Å². The van der Waals surface area contributed by atoms with Crippen LogP contribution in [0.5, 0.6) is 0 Å². The van der Waals surface area contributed by atoms with Crippen molar-refractivity contribution in [1.82, 2.24) is 5.32 Å². The summed E-state index contributed by atoms with van der Waals surface area (Å²) in [6.45, 7) is -0.210. The number of hydrogen-bond acceptors (Lipinski definition) is 5. The van der Waals surface area contributed by atoms with Gasteiger partial charge >= 0.3 is 5.97 Å². The molecule has 0 radical (unpaired) electrons. The molecule has 1 atom stereocenters. The molecule has 0 aromatic heterocycles. The number of carboxylic acid groups (broad SMARTS) is 1. The normalized spacial score (nSPS) is 13.2. The van der Waals surface area contributed by atoms with Gasteiger partial charge in [-0.2, -0.15) is 0 Å². The van der Waals surface area contributed by atoms with Crippen molar-refractivity contribution >= 4 is 21.7 Å². The molecule has 0 aliphatic carbocycles. The van der Waals surface area contributed by atoms with E-state index in [1.165, 1.54) is 0 Å². The minimum absolute atomic E-state index is 0.189. The number of carbonyl (C=O) groups is 2. The molecular formula is C7H14N2O5S. The van der Waals surface area contributed by atoms with Crippen molar-refractivity contribution in [3.63, 3.8) is 0 Å². The van der Waals surface area contributed by atoms with Gasteiger partial charge in [-0.25, -0.2) is 8.42 Å². The number of carbonyl (C=O) groups excluding carboxylic acids is 1. The summed E-state index contributed by atoms with van der Waals surface area (Å²) in [6, 6.07) is -1.17. The van der Waals surface area contributed by atoms with Gasteiger partial charge in [-0.05, 0) is 0 Å². The van der Waals surface area contributed by atoms with Crippen molar-refractivity contribution in [2.45, 2.75) is 12.5 Å². The fourth-order valence-corrected chi connectivity index (χ4v) is 1.23. The highest BCUT2D eigenvalue weighted by Crippen LogP contribution is 1.88. The fraction of sp³-hybridized carbons (Fsp3) is 0.714. The van der Waals surface area contributed by atoms with Crippen LogP contribution in [0.3, 0.4) is 0 Å². The molecule has 15 heavy (non-hydrogen) atoms. The number of nitrogens with one attached hydrogen (secondary N) is 1. The third-order valence-corrected chi connectivity index (χ3v) is 2.48. The lowest BCUT2D eigenvalue weighted by Crippen LogP contribution is -2.42. The van der Waals surface area contributed by atoms with Crippen LogP contribution in [0.25, 0.3) is 0 Å². The summed E-state index contributed by atoms with van der Waals surface area (Å²) in [5.74, 6) is -2.02. The third kappa shape index (κ3) is 7.89. The number of carboxylic acids is 1. The van der Waals surface area contributed by atoms with Gasteiger partial charge in [-0.15, -0.1) is 0 Å². The van der Waals surface area contributed by atoms with E-state index in [0.717, 1.165) is 6.26 Å². The Balaban J connectivity index is 3.82. The molecule has 0 rings (SSSR count). The molecule has 0 bridgehead atoms. The fourth-order valence-electron chi connectivity index (χ4n) is 0.678. The SMILES string of the molecule is CS(=O)(=O)CCC(=O)NCC(N)C(=O)O. The first-order valence-corrected chi connectivity index (χ1v) is 6.21. The largest absolute Gasteiger partial charge is 0.480 e. The van der Waals surface area contributed by atoms with Crippen molar-refractivity contribution in [3.8, 4) is 0 Å². The zero-order valence-corrected chi connectivity index (χ0v) is 9.08. The van der Waals surface area contributed by atoms with Gasteiger partial charge in [0.15, 0.2) is 0 Å². The Kier molecular flexibility index (Phi) is 5.23. The molecular weight excluding hydrogens is 224 g/mol. The highest BCUT2D eigenvalue weighted by atomic mass is 32.2. The molecule has 7 nitrogen and oxygen atoms in total. The average molecular weight is 238 g/mol. The monoisotopic (exact) mass is 238 g/mol. The summed E-state index contributed by atoms with van der Waals surface area (Å²) >= 11 is 0. The quantitative estimate of drug-likeness (QED) is 0.489. The zero-order valence-electron chi connectivity index (χ0n) is 8.26. The van der Waals surface area contributed by atoms with Crippen molar-refractivity contribution in [2.24, 2.45) is 5.73 Å². The van der Waals surface area contributed by atoms with Gasteiger partial charge in [0.2, 0.25) is 5.91 Å². The molecule has 0 aromatic carbocycles. The Hall–Kier alpha value is -1.15. The second kappa shape index (κ2) is 5.66. The van der Waals surface area contributed by atoms with E-state index in [0.29, 0.717) is 0 Å². The maximum absolute atomic E-state index is 11.0. The summed E-state index contributed by atoms with van der Waals surface area (Å²) in [5.41, 5.74) is 5.11. The molecule has 0 saturated carbocycles. The molecule has 1 unspecified atom stereocenters. The van der Waals surface area contributed by atoms with Crippen LogP contribution in [0.1, 0.15) is 6.42 Å². The molecule has 0 fully saturated rings. The minimum atomic E-state index is -3.18. The molecule has 0 aromatic rings. The van der Waals surface area contributed by atoms with Gasteiger partial charge in [0.25, 0.3) is 0 Å². The predicted octanol–water partition coefficient (Wildman–Crippen LogP) is -2.05. The van der Waals surface area contributed by atoms with E-state index in [4.69, 9.17) is 10.8 Å². The topological polar surface area (TPSA) is 127 Å². The first-order valence-electron chi connectivity index (χ1n) is 4.15. The highest BCUT2D eigenvalue weighted by molar-refractivity contribution is 7.90. The maximum Gasteiger partial charge on any atom is 0.322 e. The molecule has 4 N–H and O–H groups in total. The molecule has 0 aliphatic heterocycles.